The second kappa shape index (κ2) is 2.63. The maximum Gasteiger partial charge on any atom is 0.231 e. The van der Waals surface area contributed by atoms with E-state index in [1.807, 2.05) is 0 Å². The van der Waals surface area contributed by atoms with Crippen LogP contribution in [0.5, 0.6) is 0 Å². The van der Waals surface area contributed by atoms with Crippen LogP contribution in [0.2, 0.25) is 0 Å². The quantitative estimate of drug-likeness (QED) is 0.743. The first-order chi connectivity index (χ1) is 7.17. The number of amides is 1. The number of rotatable bonds is 1. The average Bonchev–Trinajstić information content (AvgIpc) is 2.94. The Balaban J connectivity index is 2.10. The van der Waals surface area contributed by atoms with Crippen LogP contribution in [0.3, 0.4) is 0 Å². The zero-order valence-corrected chi connectivity index (χ0v) is 9.13. The topological polar surface area (TPSA) is 29.1 Å². The summed E-state index contributed by atoms with van der Waals surface area (Å²) < 4.78 is 0. The van der Waals surface area contributed by atoms with Gasteiger partial charge in [0, 0.05) is 11.6 Å². The van der Waals surface area contributed by atoms with Gasteiger partial charge in [-0.15, -0.1) is 0 Å². The van der Waals surface area contributed by atoms with Gasteiger partial charge >= 0.3 is 0 Å². The molecule has 0 spiro atoms. The number of carbonyl (C=O) groups is 1. The van der Waals surface area contributed by atoms with E-state index in [2.05, 4.69) is 37.4 Å². The third-order valence-corrected chi connectivity index (χ3v) is 3.99. The summed E-state index contributed by atoms with van der Waals surface area (Å²) in [6, 6.07) is 6.38. The molecule has 1 heterocycles. The molecule has 15 heavy (non-hydrogen) atoms. The van der Waals surface area contributed by atoms with Crippen molar-refractivity contribution in [2.24, 2.45) is 5.41 Å². The van der Waals surface area contributed by atoms with E-state index in [-0.39, 0.29) is 11.3 Å². The molecule has 2 heteroatoms. The van der Waals surface area contributed by atoms with E-state index in [0.717, 1.165) is 18.5 Å². The summed E-state index contributed by atoms with van der Waals surface area (Å²) in [4.78, 5) is 12.0. The molecule has 0 aromatic heterocycles. The van der Waals surface area contributed by atoms with Crippen LogP contribution in [-0.4, -0.2) is 5.91 Å². The van der Waals surface area contributed by atoms with Crippen LogP contribution in [0, 0.1) is 12.3 Å². The van der Waals surface area contributed by atoms with Gasteiger partial charge in [0.1, 0.15) is 0 Å². The third-order valence-electron chi connectivity index (χ3n) is 3.99. The van der Waals surface area contributed by atoms with Crippen molar-refractivity contribution in [1.82, 2.24) is 0 Å². The highest BCUT2D eigenvalue weighted by atomic mass is 16.2. The number of nitrogens with one attached hydrogen (secondary N) is 1. The molecule has 78 valence electrons. The Labute approximate surface area is 89.7 Å². The highest BCUT2D eigenvalue weighted by molar-refractivity contribution is 6.02. The number of hydrogen-bond acceptors (Lipinski definition) is 1. The molecule has 0 bridgehead atoms. The molecule has 2 aliphatic rings. The van der Waals surface area contributed by atoms with Crippen molar-refractivity contribution in [3.63, 3.8) is 0 Å². The summed E-state index contributed by atoms with van der Waals surface area (Å²) in [6.45, 7) is 4.17. The van der Waals surface area contributed by atoms with E-state index in [9.17, 15) is 4.79 Å². The van der Waals surface area contributed by atoms with Crippen LogP contribution in [0.15, 0.2) is 18.2 Å². The lowest BCUT2D eigenvalue weighted by Crippen LogP contribution is -2.29. The van der Waals surface area contributed by atoms with Crippen molar-refractivity contribution >= 4 is 11.6 Å². The fourth-order valence-corrected chi connectivity index (χ4v) is 2.84. The molecule has 0 saturated heterocycles. The number of anilines is 1. The van der Waals surface area contributed by atoms with Crippen molar-refractivity contribution in [2.45, 2.75) is 32.6 Å². The second-order valence-electron chi connectivity index (χ2n) is 4.81. The monoisotopic (exact) mass is 201 g/mol. The number of carbonyl (C=O) groups excluding carboxylic acids is 1. The average molecular weight is 201 g/mol. The van der Waals surface area contributed by atoms with Crippen LogP contribution in [0.25, 0.3) is 0 Å². The predicted molar refractivity (Wildman–Crippen MR) is 59.9 cm³/mol. The van der Waals surface area contributed by atoms with Crippen LogP contribution in [0.4, 0.5) is 5.69 Å². The molecule has 1 aliphatic carbocycles. The van der Waals surface area contributed by atoms with Gasteiger partial charge in [0.05, 0.1) is 5.41 Å². The highest BCUT2D eigenvalue weighted by Crippen LogP contribution is 2.65. The number of aryl methyl sites for hydroxylation is 1. The van der Waals surface area contributed by atoms with Gasteiger partial charge in [0.2, 0.25) is 5.91 Å². The Hall–Kier alpha value is -1.31. The lowest BCUT2D eigenvalue weighted by Gasteiger charge is -2.23. The summed E-state index contributed by atoms with van der Waals surface area (Å²) in [5.41, 5.74) is 3.51. The predicted octanol–water partition coefficient (Wildman–Crippen LogP) is 2.83. The second-order valence-corrected chi connectivity index (χ2v) is 4.81. The maximum atomic E-state index is 12.0. The van der Waals surface area contributed by atoms with Gasteiger partial charge in [-0.25, -0.2) is 0 Å². The van der Waals surface area contributed by atoms with Crippen molar-refractivity contribution < 1.29 is 4.79 Å². The largest absolute Gasteiger partial charge is 0.325 e. The molecule has 2 atom stereocenters. The van der Waals surface area contributed by atoms with Gasteiger partial charge in [-0.05, 0) is 37.0 Å². The molecular weight excluding hydrogens is 186 g/mol. The minimum atomic E-state index is -0.0672. The van der Waals surface area contributed by atoms with E-state index in [0.29, 0.717) is 5.92 Å². The summed E-state index contributed by atoms with van der Waals surface area (Å²) in [7, 11) is 0. The molecule has 1 aromatic rings. The summed E-state index contributed by atoms with van der Waals surface area (Å²) >= 11 is 0. The number of hydrogen-bond donors (Lipinski definition) is 1. The molecule has 1 fully saturated rings. The lowest BCUT2D eigenvalue weighted by atomic mass is 9.90. The number of fused-ring (bicyclic) bond motifs is 3. The Bertz CT molecular complexity index is 452. The minimum Gasteiger partial charge on any atom is -0.325 e. The van der Waals surface area contributed by atoms with E-state index in [1.165, 1.54) is 11.1 Å². The summed E-state index contributed by atoms with van der Waals surface area (Å²) in [5.74, 6) is 0.708. The molecular formula is C13H15NO. The Morgan fingerprint density at radius 1 is 1.53 bits per heavy atom. The Morgan fingerprint density at radius 3 is 3.07 bits per heavy atom. The molecule has 1 aromatic carbocycles. The van der Waals surface area contributed by atoms with Crippen molar-refractivity contribution in [2.75, 3.05) is 5.32 Å². The SMILES string of the molecule is CCC12CC1c1ccc(C)cc1NC2=O. The first kappa shape index (κ1) is 8.96. The van der Waals surface area contributed by atoms with Crippen LogP contribution >= 0.6 is 0 Å². The normalized spacial score (nSPS) is 31.6. The zero-order chi connectivity index (χ0) is 10.6. The molecule has 1 amide bonds. The first-order valence-electron chi connectivity index (χ1n) is 5.59. The highest BCUT2D eigenvalue weighted by Gasteiger charge is 2.61. The molecule has 1 aliphatic heterocycles. The smallest absolute Gasteiger partial charge is 0.231 e. The van der Waals surface area contributed by atoms with Crippen molar-refractivity contribution in [1.29, 1.82) is 0 Å². The van der Waals surface area contributed by atoms with E-state index >= 15 is 0 Å². The van der Waals surface area contributed by atoms with E-state index in [1.54, 1.807) is 0 Å². The molecule has 0 radical (unpaired) electrons. The fourth-order valence-electron chi connectivity index (χ4n) is 2.84. The summed E-state index contributed by atoms with van der Waals surface area (Å²) in [6.07, 6.45) is 1.99. The lowest BCUT2D eigenvalue weighted by molar-refractivity contribution is -0.121. The van der Waals surface area contributed by atoms with Crippen LogP contribution in [0.1, 0.15) is 36.8 Å². The Morgan fingerprint density at radius 2 is 2.33 bits per heavy atom. The molecule has 2 nitrogen and oxygen atoms in total. The van der Waals surface area contributed by atoms with E-state index in [4.69, 9.17) is 0 Å². The maximum absolute atomic E-state index is 12.0. The van der Waals surface area contributed by atoms with Crippen LogP contribution < -0.4 is 5.32 Å². The Kier molecular flexibility index (Phi) is 1.57. The van der Waals surface area contributed by atoms with Gasteiger partial charge in [-0.3, -0.25) is 4.79 Å². The molecule has 1 saturated carbocycles. The number of benzene rings is 1. The molecule has 2 unspecified atom stereocenters. The minimum absolute atomic E-state index is 0.0672. The van der Waals surface area contributed by atoms with Crippen molar-refractivity contribution in [3.05, 3.63) is 29.3 Å². The van der Waals surface area contributed by atoms with E-state index < -0.39 is 0 Å². The third kappa shape index (κ3) is 1.02. The van der Waals surface area contributed by atoms with Gasteiger partial charge in [0.15, 0.2) is 0 Å². The van der Waals surface area contributed by atoms with Gasteiger partial charge in [0.25, 0.3) is 0 Å². The van der Waals surface area contributed by atoms with Crippen LogP contribution in [-0.2, 0) is 4.79 Å². The van der Waals surface area contributed by atoms with Gasteiger partial charge in [-0.2, -0.15) is 0 Å². The fraction of sp³-hybridized carbons (Fsp3) is 0.462. The zero-order valence-electron chi connectivity index (χ0n) is 9.13. The molecule has 1 N–H and O–H groups in total. The summed E-state index contributed by atoms with van der Waals surface area (Å²) in [5, 5.41) is 3.04. The van der Waals surface area contributed by atoms with Crippen molar-refractivity contribution in [3.8, 4) is 0 Å². The standard InChI is InChI=1S/C13H15NO/c1-3-13-7-10(13)9-5-4-8(2)6-11(9)14-12(13)15/h4-6,10H,3,7H2,1-2H3,(H,14,15). The first-order valence-corrected chi connectivity index (χ1v) is 5.59. The van der Waals surface area contributed by atoms with Gasteiger partial charge in [-0.1, -0.05) is 19.1 Å². The van der Waals surface area contributed by atoms with Gasteiger partial charge < -0.3 is 5.32 Å². The molecule has 3 rings (SSSR count).